The van der Waals surface area contributed by atoms with E-state index in [2.05, 4.69) is 25.8 Å². The monoisotopic (exact) mass is 660 g/mol. The number of piperazine rings is 1. The van der Waals surface area contributed by atoms with Crippen LogP contribution < -0.4 is 16.0 Å². The van der Waals surface area contributed by atoms with Crippen LogP contribution in [-0.2, 0) is 38.1 Å². The fourth-order valence-electron chi connectivity index (χ4n) is 5.91. The van der Waals surface area contributed by atoms with Crippen LogP contribution in [0.5, 0.6) is 0 Å². The molecule has 0 spiro atoms. The summed E-state index contributed by atoms with van der Waals surface area (Å²) in [5, 5.41) is 16.6. The van der Waals surface area contributed by atoms with Crippen LogP contribution in [0.1, 0.15) is 62.3 Å². The lowest BCUT2D eigenvalue weighted by atomic mass is 9.83. The van der Waals surface area contributed by atoms with Gasteiger partial charge in [-0.3, -0.25) is 24.2 Å². The molecule has 11 nitrogen and oxygen atoms in total. The number of nitrogens with one attached hydrogen (secondary N) is 3. The van der Waals surface area contributed by atoms with E-state index in [9.17, 15) is 19.2 Å². The molecule has 1 aromatic carbocycles. The van der Waals surface area contributed by atoms with Gasteiger partial charge in [-0.05, 0) is 55.6 Å². The summed E-state index contributed by atoms with van der Waals surface area (Å²) in [7, 11) is 1.96. The molecule has 4 N–H and O–H groups in total. The summed E-state index contributed by atoms with van der Waals surface area (Å²) in [5.74, 6) is -8.39. The summed E-state index contributed by atoms with van der Waals surface area (Å²) in [5.41, 5.74) is -0.359. The number of carbonyl (C=O) groups excluding carboxylic acids is 4. The van der Waals surface area contributed by atoms with E-state index < -0.39 is 53.7 Å². The third-order valence-corrected chi connectivity index (χ3v) is 8.83. The van der Waals surface area contributed by atoms with Crippen molar-refractivity contribution in [3.63, 3.8) is 0 Å². The average Bonchev–Trinajstić information content (AvgIpc) is 3.08. The van der Waals surface area contributed by atoms with E-state index in [4.69, 9.17) is 5.11 Å². The van der Waals surface area contributed by atoms with Crippen molar-refractivity contribution in [3.05, 3.63) is 59.2 Å². The van der Waals surface area contributed by atoms with Gasteiger partial charge in [0.1, 0.15) is 17.9 Å². The predicted molar refractivity (Wildman–Crippen MR) is 168 cm³/mol. The molecule has 2 heterocycles. The lowest BCUT2D eigenvalue weighted by Gasteiger charge is -2.34. The molecule has 2 aliphatic rings. The summed E-state index contributed by atoms with van der Waals surface area (Å²) in [6.45, 7) is 3.61. The maximum Gasteiger partial charge on any atom is 0.351 e. The first kappa shape index (κ1) is 35.8. The third kappa shape index (κ3) is 9.28. The number of anilines is 1. The van der Waals surface area contributed by atoms with Gasteiger partial charge in [0.05, 0.1) is 18.0 Å². The Balaban J connectivity index is 1.48. The number of aliphatic hydroxyl groups is 1. The van der Waals surface area contributed by atoms with Crippen LogP contribution in [-0.4, -0.2) is 88.8 Å². The second-order valence-corrected chi connectivity index (χ2v) is 12.2. The number of hydrogen-bond acceptors (Lipinski definition) is 7. The second kappa shape index (κ2) is 16.2. The normalized spacial score (nSPS) is 17.4. The minimum atomic E-state index is -4.02. The highest BCUT2D eigenvalue weighted by Gasteiger charge is 2.44. The average molecular weight is 661 g/mol. The first-order valence-electron chi connectivity index (χ1n) is 16.0. The molecule has 1 aliphatic carbocycles. The number of alkyl halides is 2. The molecule has 1 aromatic heterocycles. The fraction of sp³-hybridized carbons (Fsp3) is 0.545. The van der Waals surface area contributed by atoms with Crippen molar-refractivity contribution in [1.29, 1.82) is 0 Å². The van der Waals surface area contributed by atoms with Crippen LogP contribution in [0.15, 0.2) is 36.5 Å². The van der Waals surface area contributed by atoms with E-state index in [0.29, 0.717) is 44.6 Å². The number of nitrogens with zero attached hydrogens (tertiary/aromatic N) is 3. The van der Waals surface area contributed by atoms with Gasteiger partial charge in [0.2, 0.25) is 17.7 Å². The number of amides is 4. The fourth-order valence-corrected chi connectivity index (χ4v) is 5.91. The number of carbonyl (C=O) groups is 4. The lowest BCUT2D eigenvalue weighted by Crippen LogP contribution is -2.54. The molecule has 2 atom stereocenters. The molecule has 4 amide bonds. The SMILES string of the molecule is CCC(=O)NC(Cc1ccc(NC(=O)C(NC(=O)C(F)(F)c2ccc(CO)nc2)C2CCCCC2)c(F)c1)C(=O)N1CCN(C)CC1. The minimum Gasteiger partial charge on any atom is -0.390 e. The molecular formula is C33H43F3N6O5. The highest BCUT2D eigenvalue weighted by atomic mass is 19.3. The molecule has 2 aromatic rings. The van der Waals surface area contributed by atoms with Crippen molar-refractivity contribution >= 4 is 29.3 Å². The number of pyridine rings is 1. The highest BCUT2D eigenvalue weighted by Crippen LogP contribution is 2.31. The highest BCUT2D eigenvalue weighted by molar-refractivity contribution is 5.98. The molecule has 47 heavy (non-hydrogen) atoms. The van der Waals surface area contributed by atoms with Crippen LogP contribution in [0.2, 0.25) is 0 Å². The molecule has 1 aliphatic heterocycles. The van der Waals surface area contributed by atoms with Crippen LogP contribution in [0.25, 0.3) is 0 Å². The van der Waals surface area contributed by atoms with Gasteiger partial charge in [-0.15, -0.1) is 0 Å². The van der Waals surface area contributed by atoms with E-state index in [0.717, 1.165) is 37.6 Å². The smallest absolute Gasteiger partial charge is 0.351 e. The number of aliphatic hydroxyl groups excluding tert-OH is 1. The molecule has 2 fully saturated rings. The standard InChI is InChI=1S/C33H43F3N6O5/c1-3-28(44)38-27(31(46)42-15-13-41(2)14-16-42)18-21-9-12-26(25(34)17-21)39-30(45)29(22-7-5-4-6-8-22)40-32(47)33(35,36)23-10-11-24(20-43)37-19-23/h9-12,17,19,22,27,29,43H,3-8,13-16,18,20H2,1-2H3,(H,38,44)(H,39,45)(H,40,47). The van der Waals surface area contributed by atoms with Crippen molar-refractivity contribution in [3.8, 4) is 0 Å². The van der Waals surface area contributed by atoms with Gasteiger partial charge in [0.15, 0.2) is 0 Å². The Morgan fingerprint density at radius 1 is 1.02 bits per heavy atom. The van der Waals surface area contributed by atoms with Gasteiger partial charge in [-0.2, -0.15) is 8.78 Å². The predicted octanol–water partition coefficient (Wildman–Crippen LogP) is 2.72. The molecule has 4 rings (SSSR count). The van der Waals surface area contributed by atoms with Crippen LogP contribution >= 0.6 is 0 Å². The molecule has 1 saturated carbocycles. The number of rotatable bonds is 12. The van der Waals surface area contributed by atoms with Gasteiger partial charge < -0.3 is 30.9 Å². The summed E-state index contributed by atoms with van der Waals surface area (Å²) in [6, 6.07) is 3.89. The van der Waals surface area contributed by atoms with Crippen molar-refractivity contribution in [1.82, 2.24) is 25.4 Å². The molecule has 2 unspecified atom stereocenters. The van der Waals surface area contributed by atoms with E-state index >= 15 is 13.2 Å². The van der Waals surface area contributed by atoms with Crippen molar-refractivity contribution in [2.24, 2.45) is 5.92 Å². The Bertz CT molecular complexity index is 1410. The number of likely N-dealkylation sites (N-methyl/N-ethyl adjacent to an activating group) is 1. The van der Waals surface area contributed by atoms with Crippen LogP contribution in [0, 0.1) is 11.7 Å². The Morgan fingerprint density at radius 3 is 2.32 bits per heavy atom. The number of hydrogen-bond donors (Lipinski definition) is 4. The van der Waals surface area contributed by atoms with Crippen molar-refractivity contribution in [2.45, 2.75) is 76.5 Å². The minimum absolute atomic E-state index is 0.0199. The molecule has 1 saturated heterocycles. The second-order valence-electron chi connectivity index (χ2n) is 12.2. The first-order valence-corrected chi connectivity index (χ1v) is 16.0. The molecule has 256 valence electrons. The Labute approximate surface area is 272 Å². The largest absolute Gasteiger partial charge is 0.390 e. The molecule has 14 heteroatoms. The van der Waals surface area contributed by atoms with Gasteiger partial charge in [-0.1, -0.05) is 32.3 Å². The van der Waals surface area contributed by atoms with Crippen molar-refractivity contribution in [2.75, 3.05) is 38.5 Å². The van der Waals surface area contributed by atoms with Crippen LogP contribution in [0.3, 0.4) is 0 Å². The van der Waals surface area contributed by atoms with E-state index in [1.165, 1.54) is 18.2 Å². The summed E-state index contributed by atoms with van der Waals surface area (Å²) in [4.78, 5) is 59.4. The summed E-state index contributed by atoms with van der Waals surface area (Å²) >= 11 is 0. The number of aromatic nitrogens is 1. The third-order valence-electron chi connectivity index (χ3n) is 8.83. The Kier molecular flexibility index (Phi) is 12.3. The summed E-state index contributed by atoms with van der Waals surface area (Å²) in [6.07, 6.45) is 4.43. The van der Waals surface area contributed by atoms with E-state index in [1.54, 1.807) is 11.8 Å². The zero-order valence-corrected chi connectivity index (χ0v) is 26.7. The van der Waals surface area contributed by atoms with E-state index in [1.807, 2.05) is 7.05 Å². The Hall–Kier alpha value is -4.04. The zero-order chi connectivity index (χ0) is 34.1. The van der Waals surface area contributed by atoms with Gasteiger partial charge in [-0.25, -0.2) is 4.39 Å². The lowest BCUT2D eigenvalue weighted by molar-refractivity contribution is -0.149. The van der Waals surface area contributed by atoms with Gasteiger partial charge >= 0.3 is 5.92 Å². The maximum atomic E-state index is 15.4. The number of benzene rings is 1. The maximum absolute atomic E-state index is 15.4. The van der Waals surface area contributed by atoms with E-state index in [-0.39, 0.29) is 36.0 Å². The topological polar surface area (TPSA) is 144 Å². The summed E-state index contributed by atoms with van der Waals surface area (Å²) < 4.78 is 45.7. The molecule has 0 radical (unpaired) electrons. The molecular weight excluding hydrogens is 617 g/mol. The molecule has 0 bridgehead atoms. The van der Waals surface area contributed by atoms with Crippen molar-refractivity contribution < 1.29 is 37.5 Å². The first-order chi connectivity index (χ1) is 22.4. The Morgan fingerprint density at radius 2 is 1.72 bits per heavy atom. The zero-order valence-electron chi connectivity index (χ0n) is 26.7. The van der Waals surface area contributed by atoms with Gasteiger partial charge in [0, 0.05) is 50.8 Å². The van der Waals surface area contributed by atoms with Gasteiger partial charge in [0.25, 0.3) is 5.91 Å². The van der Waals surface area contributed by atoms with Crippen LogP contribution in [0.4, 0.5) is 18.9 Å². The quantitative estimate of drug-likeness (QED) is 0.274. The number of halogens is 3.